The van der Waals surface area contributed by atoms with Crippen molar-refractivity contribution in [3.05, 3.63) is 62.5 Å². The van der Waals surface area contributed by atoms with E-state index in [9.17, 15) is 22.8 Å². The number of Topliss-reactive ketones (excluding diaryl/α,β-unsaturated/α-hetero) is 1. The van der Waals surface area contributed by atoms with Gasteiger partial charge in [-0.1, -0.05) is 11.6 Å². The van der Waals surface area contributed by atoms with E-state index in [4.69, 9.17) is 16.3 Å². The van der Waals surface area contributed by atoms with E-state index >= 15 is 0 Å². The molecule has 128 valence electrons. The van der Waals surface area contributed by atoms with Gasteiger partial charge in [-0.3, -0.25) is 9.59 Å². The number of pyridine rings is 1. The Balaban J connectivity index is 2.55. The van der Waals surface area contributed by atoms with Gasteiger partial charge in [0.15, 0.2) is 5.78 Å². The molecule has 24 heavy (non-hydrogen) atoms. The smallest absolute Gasteiger partial charge is 0.417 e. The van der Waals surface area contributed by atoms with Crippen molar-refractivity contribution in [1.82, 2.24) is 4.57 Å². The van der Waals surface area contributed by atoms with Crippen LogP contribution in [-0.4, -0.2) is 17.5 Å². The summed E-state index contributed by atoms with van der Waals surface area (Å²) in [5.41, 5.74) is -1.05. The first-order chi connectivity index (χ1) is 11.1. The first-order valence-corrected chi connectivity index (χ1v) is 7.16. The van der Waals surface area contributed by atoms with Gasteiger partial charge in [-0.15, -0.1) is 0 Å². The number of halogens is 4. The van der Waals surface area contributed by atoms with Crippen molar-refractivity contribution in [2.24, 2.45) is 0 Å². The molecule has 0 amide bonds. The van der Waals surface area contributed by atoms with Crippen LogP contribution in [0.4, 0.5) is 13.2 Å². The molecule has 1 heterocycles. The van der Waals surface area contributed by atoms with Gasteiger partial charge >= 0.3 is 6.18 Å². The zero-order valence-corrected chi connectivity index (χ0v) is 13.5. The number of hydrogen-bond donors (Lipinski definition) is 0. The van der Waals surface area contributed by atoms with Gasteiger partial charge in [-0.25, -0.2) is 0 Å². The Hall–Kier alpha value is -2.28. The zero-order chi connectivity index (χ0) is 18.1. The Morgan fingerprint density at radius 3 is 2.50 bits per heavy atom. The molecule has 0 aliphatic heterocycles. The summed E-state index contributed by atoms with van der Waals surface area (Å²) >= 11 is 5.63. The van der Waals surface area contributed by atoms with Crippen LogP contribution in [0.3, 0.4) is 0 Å². The van der Waals surface area contributed by atoms with Gasteiger partial charge in [0, 0.05) is 17.3 Å². The molecule has 0 saturated heterocycles. The lowest BCUT2D eigenvalue weighted by Crippen LogP contribution is -2.23. The standard InChI is InChI=1S/C16H13ClF3NO3/c1-9(22)10-3-4-14(24-2)11(5-10)7-21-8-12(16(18,19)20)6-13(17)15(21)23/h3-6,8H,7H2,1-2H3. The third-order valence-corrected chi connectivity index (χ3v) is 3.67. The fourth-order valence-corrected chi connectivity index (χ4v) is 2.40. The van der Waals surface area contributed by atoms with E-state index in [1.165, 1.54) is 32.2 Å². The lowest BCUT2D eigenvalue weighted by molar-refractivity contribution is -0.138. The van der Waals surface area contributed by atoms with Crippen LogP contribution >= 0.6 is 11.6 Å². The number of ether oxygens (including phenoxy) is 1. The number of nitrogens with zero attached hydrogens (tertiary/aromatic N) is 1. The Bertz CT molecular complexity index is 843. The molecule has 0 atom stereocenters. The van der Waals surface area contributed by atoms with E-state index < -0.39 is 22.3 Å². The highest BCUT2D eigenvalue weighted by molar-refractivity contribution is 6.30. The molecule has 0 saturated carbocycles. The molecule has 0 bridgehead atoms. The second-order valence-electron chi connectivity index (χ2n) is 5.09. The summed E-state index contributed by atoms with van der Waals surface area (Å²) in [5, 5.41) is -0.536. The summed E-state index contributed by atoms with van der Waals surface area (Å²) in [7, 11) is 1.38. The number of carbonyl (C=O) groups excluding carboxylic acids is 1. The Morgan fingerprint density at radius 2 is 1.96 bits per heavy atom. The molecule has 1 aromatic heterocycles. The third-order valence-electron chi connectivity index (χ3n) is 3.40. The van der Waals surface area contributed by atoms with Crippen LogP contribution in [0.15, 0.2) is 35.3 Å². The Morgan fingerprint density at radius 1 is 1.29 bits per heavy atom. The van der Waals surface area contributed by atoms with E-state index in [-0.39, 0.29) is 12.3 Å². The maximum atomic E-state index is 12.9. The lowest BCUT2D eigenvalue weighted by Gasteiger charge is -2.14. The molecule has 0 spiro atoms. The maximum absolute atomic E-state index is 12.9. The molecule has 0 N–H and O–H groups in total. The number of benzene rings is 1. The molecule has 0 fully saturated rings. The van der Waals surface area contributed by atoms with Crippen LogP contribution in [-0.2, 0) is 12.7 Å². The number of alkyl halides is 3. The summed E-state index contributed by atoms with van der Waals surface area (Å²) < 4.78 is 44.6. The fourth-order valence-electron chi connectivity index (χ4n) is 2.18. The summed E-state index contributed by atoms with van der Waals surface area (Å²) in [5.74, 6) is 0.133. The molecule has 0 unspecified atom stereocenters. The lowest BCUT2D eigenvalue weighted by atomic mass is 10.1. The van der Waals surface area contributed by atoms with Gasteiger partial charge in [-0.05, 0) is 31.2 Å². The summed E-state index contributed by atoms with van der Waals surface area (Å²) in [4.78, 5) is 23.5. The molecule has 0 radical (unpaired) electrons. The third kappa shape index (κ3) is 3.79. The second-order valence-corrected chi connectivity index (χ2v) is 5.50. The molecule has 0 aliphatic carbocycles. The minimum absolute atomic E-state index is 0.215. The monoisotopic (exact) mass is 359 g/mol. The van der Waals surface area contributed by atoms with Crippen molar-refractivity contribution in [2.75, 3.05) is 7.11 Å². The number of aromatic nitrogens is 1. The van der Waals surface area contributed by atoms with Crippen molar-refractivity contribution < 1.29 is 22.7 Å². The predicted octanol–water partition coefficient (Wildman–Crippen LogP) is 3.78. The average molecular weight is 360 g/mol. The van der Waals surface area contributed by atoms with Crippen LogP contribution in [0.5, 0.6) is 5.75 Å². The highest BCUT2D eigenvalue weighted by Crippen LogP contribution is 2.30. The molecule has 1 aromatic carbocycles. The van der Waals surface area contributed by atoms with Crippen LogP contribution in [0, 0.1) is 0 Å². The molecule has 8 heteroatoms. The van der Waals surface area contributed by atoms with E-state index in [2.05, 4.69) is 0 Å². The second kappa shape index (κ2) is 6.68. The fraction of sp³-hybridized carbons (Fsp3) is 0.250. The molecule has 2 rings (SSSR count). The maximum Gasteiger partial charge on any atom is 0.417 e. The first-order valence-electron chi connectivity index (χ1n) is 6.78. The van der Waals surface area contributed by atoms with Gasteiger partial charge < -0.3 is 9.30 Å². The minimum atomic E-state index is -4.63. The average Bonchev–Trinajstić information content (AvgIpc) is 2.50. The number of methoxy groups -OCH3 is 1. The Kier molecular flexibility index (Phi) is 5.03. The first kappa shape index (κ1) is 18.1. The van der Waals surface area contributed by atoms with Crippen molar-refractivity contribution in [2.45, 2.75) is 19.6 Å². The molecule has 0 aliphatic rings. The van der Waals surface area contributed by atoms with Gasteiger partial charge in [-0.2, -0.15) is 13.2 Å². The van der Waals surface area contributed by atoms with Crippen molar-refractivity contribution in [3.63, 3.8) is 0 Å². The Labute approximate surface area is 140 Å². The van der Waals surface area contributed by atoms with Gasteiger partial charge in [0.25, 0.3) is 5.56 Å². The van der Waals surface area contributed by atoms with Crippen molar-refractivity contribution in [1.29, 1.82) is 0 Å². The number of carbonyl (C=O) groups is 1. The number of rotatable bonds is 4. The van der Waals surface area contributed by atoms with Crippen LogP contribution in [0.25, 0.3) is 0 Å². The molecular formula is C16H13ClF3NO3. The predicted molar refractivity (Wildman–Crippen MR) is 82.8 cm³/mol. The number of hydrogen-bond acceptors (Lipinski definition) is 3. The van der Waals surface area contributed by atoms with Crippen molar-refractivity contribution >= 4 is 17.4 Å². The topological polar surface area (TPSA) is 48.3 Å². The highest BCUT2D eigenvalue weighted by Gasteiger charge is 2.32. The van der Waals surface area contributed by atoms with Crippen molar-refractivity contribution in [3.8, 4) is 5.75 Å². The summed E-state index contributed by atoms with van der Waals surface area (Å²) in [6, 6.07) is 5.12. The zero-order valence-electron chi connectivity index (χ0n) is 12.8. The highest BCUT2D eigenvalue weighted by atomic mass is 35.5. The molecular weight excluding hydrogens is 347 g/mol. The van der Waals surface area contributed by atoms with E-state index in [1.54, 1.807) is 0 Å². The van der Waals surface area contributed by atoms with Gasteiger partial charge in [0.2, 0.25) is 0 Å². The summed E-state index contributed by atoms with van der Waals surface area (Å²) in [6.07, 6.45) is -3.95. The van der Waals surface area contributed by atoms with Crippen LogP contribution in [0.1, 0.15) is 28.4 Å². The molecule has 4 nitrogen and oxygen atoms in total. The normalized spacial score (nSPS) is 11.4. The van der Waals surface area contributed by atoms with Gasteiger partial charge in [0.1, 0.15) is 10.8 Å². The quantitative estimate of drug-likeness (QED) is 0.781. The largest absolute Gasteiger partial charge is 0.496 e. The van der Waals surface area contributed by atoms with E-state index in [1.807, 2.05) is 0 Å². The van der Waals surface area contributed by atoms with E-state index in [0.29, 0.717) is 29.1 Å². The van der Waals surface area contributed by atoms with Crippen LogP contribution < -0.4 is 10.3 Å². The van der Waals surface area contributed by atoms with E-state index in [0.717, 1.165) is 4.57 Å². The summed E-state index contributed by atoms with van der Waals surface area (Å²) in [6.45, 7) is 1.14. The molecule has 2 aromatic rings. The SMILES string of the molecule is COc1ccc(C(C)=O)cc1Cn1cc(C(F)(F)F)cc(Cl)c1=O. The van der Waals surface area contributed by atoms with Crippen LogP contribution in [0.2, 0.25) is 5.02 Å². The van der Waals surface area contributed by atoms with Gasteiger partial charge in [0.05, 0.1) is 19.2 Å². The minimum Gasteiger partial charge on any atom is -0.496 e. The number of ketones is 1.